The van der Waals surface area contributed by atoms with Crippen LogP contribution >= 0.6 is 0 Å². The van der Waals surface area contributed by atoms with Crippen LogP contribution in [0.25, 0.3) is 10.9 Å². The summed E-state index contributed by atoms with van der Waals surface area (Å²) in [5.41, 5.74) is 2.07. The number of aromatic nitrogens is 1. The lowest BCUT2D eigenvalue weighted by Crippen LogP contribution is -2.34. The molecule has 0 radical (unpaired) electrons. The van der Waals surface area contributed by atoms with E-state index in [1.54, 1.807) is 6.20 Å². The number of nitrogens with zero attached hydrogens (tertiary/aromatic N) is 2. The molecule has 0 aliphatic rings. The summed E-state index contributed by atoms with van der Waals surface area (Å²) >= 11 is 0. The molecule has 4 heteroatoms. The van der Waals surface area contributed by atoms with Gasteiger partial charge in [-0.15, -0.1) is 0 Å². The van der Waals surface area contributed by atoms with Crippen molar-refractivity contribution in [2.24, 2.45) is 11.8 Å². The number of benzene rings is 1. The molecule has 0 aliphatic carbocycles. The van der Waals surface area contributed by atoms with Gasteiger partial charge in [-0.05, 0) is 24.0 Å². The van der Waals surface area contributed by atoms with Gasteiger partial charge in [0.05, 0.1) is 11.6 Å². The van der Waals surface area contributed by atoms with E-state index in [2.05, 4.69) is 16.4 Å². The van der Waals surface area contributed by atoms with Crippen LogP contribution < -0.4 is 5.32 Å². The van der Waals surface area contributed by atoms with Crippen LogP contribution in [0.5, 0.6) is 0 Å². The summed E-state index contributed by atoms with van der Waals surface area (Å²) in [6, 6.07) is 12.0. The van der Waals surface area contributed by atoms with Gasteiger partial charge >= 0.3 is 0 Å². The molecule has 1 N–H and O–H groups in total. The van der Waals surface area contributed by atoms with Crippen molar-refractivity contribution in [3.63, 3.8) is 0 Å². The maximum Gasteiger partial charge on any atom is 0.237 e. The minimum Gasteiger partial charge on any atom is -0.355 e. The topological polar surface area (TPSA) is 65.8 Å². The number of rotatable bonds is 5. The lowest BCUT2D eigenvalue weighted by molar-refractivity contribution is -0.124. The molecule has 0 spiro atoms. The molecule has 1 unspecified atom stereocenters. The SMILES string of the molecule is CC(C)C(C#N)C(=O)NCCc1cccc2cccnc12. The highest BCUT2D eigenvalue weighted by Crippen LogP contribution is 2.16. The fourth-order valence-corrected chi connectivity index (χ4v) is 2.31. The number of amides is 1. The minimum atomic E-state index is -0.587. The zero-order valence-electron chi connectivity index (χ0n) is 12.3. The number of nitriles is 1. The van der Waals surface area contributed by atoms with Gasteiger partial charge in [-0.1, -0.05) is 38.1 Å². The van der Waals surface area contributed by atoms with E-state index in [1.807, 2.05) is 44.2 Å². The third-order valence-electron chi connectivity index (χ3n) is 3.50. The number of hydrogen-bond acceptors (Lipinski definition) is 3. The Hall–Kier alpha value is -2.41. The van der Waals surface area contributed by atoms with E-state index in [9.17, 15) is 4.79 Å². The van der Waals surface area contributed by atoms with Crippen LogP contribution in [0.4, 0.5) is 0 Å². The minimum absolute atomic E-state index is 0.0224. The van der Waals surface area contributed by atoms with E-state index in [-0.39, 0.29) is 11.8 Å². The summed E-state index contributed by atoms with van der Waals surface area (Å²) in [4.78, 5) is 16.3. The van der Waals surface area contributed by atoms with Crippen LogP contribution in [0.2, 0.25) is 0 Å². The lowest BCUT2D eigenvalue weighted by Gasteiger charge is -2.13. The van der Waals surface area contributed by atoms with Gasteiger partial charge in [0.15, 0.2) is 0 Å². The van der Waals surface area contributed by atoms with Gasteiger partial charge in [0.2, 0.25) is 5.91 Å². The largest absolute Gasteiger partial charge is 0.355 e. The third kappa shape index (κ3) is 3.57. The number of carbonyl (C=O) groups is 1. The van der Waals surface area contributed by atoms with Gasteiger partial charge in [-0.25, -0.2) is 0 Å². The summed E-state index contributed by atoms with van der Waals surface area (Å²) in [6.07, 6.45) is 2.48. The maximum atomic E-state index is 11.9. The van der Waals surface area contributed by atoms with E-state index >= 15 is 0 Å². The van der Waals surface area contributed by atoms with E-state index in [1.165, 1.54) is 0 Å². The normalized spacial score (nSPS) is 12.1. The summed E-state index contributed by atoms with van der Waals surface area (Å²) < 4.78 is 0. The summed E-state index contributed by atoms with van der Waals surface area (Å²) in [5.74, 6) is -0.759. The zero-order valence-corrected chi connectivity index (χ0v) is 12.3. The van der Waals surface area contributed by atoms with Crippen molar-refractivity contribution >= 4 is 16.8 Å². The molecule has 0 aliphatic heterocycles. The van der Waals surface area contributed by atoms with Crippen molar-refractivity contribution in [1.29, 1.82) is 5.26 Å². The smallest absolute Gasteiger partial charge is 0.237 e. The summed E-state index contributed by atoms with van der Waals surface area (Å²) in [6.45, 7) is 4.27. The molecule has 1 heterocycles. The Morgan fingerprint density at radius 3 is 2.81 bits per heavy atom. The van der Waals surface area contributed by atoms with Crippen LogP contribution in [0, 0.1) is 23.2 Å². The molecule has 4 nitrogen and oxygen atoms in total. The van der Waals surface area contributed by atoms with Crippen molar-refractivity contribution in [2.45, 2.75) is 20.3 Å². The van der Waals surface area contributed by atoms with Crippen LogP contribution in [0.15, 0.2) is 36.5 Å². The quantitative estimate of drug-likeness (QED) is 0.916. The number of fused-ring (bicyclic) bond motifs is 1. The lowest BCUT2D eigenvalue weighted by atomic mass is 9.96. The average Bonchev–Trinajstić information content (AvgIpc) is 2.48. The molecule has 108 valence electrons. The Kier molecular flexibility index (Phi) is 4.89. The first-order valence-electron chi connectivity index (χ1n) is 7.13. The second-order valence-corrected chi connectivity index (χ2v) is 5.38. The van der Waals surface area contributed by atoms with Crippen LogP contribution in [0.1, 0.15) is 19.4 Å². The molecule has 2 rings (SSSR count). The third-order valence-corrected chi connectivity index (χ3v) is 3.50. The van der Waals surface area contributed by atoms with Crippen molar-refractivity contribution in [3.8, 4) is 6.07 Å². The number of pyridine rings is 1. The monoisotopic (exact) mass is 281 g/mol. The Morgan fingerprint density at radius 1 is 1.33 bits per heavy atom. The highest BCUT2D eigenvalue weighted by molar-refractivity contribution is 5.82. The van der Waals surface area contributed by atoms with Crippen molar-refractivity contribution in [2.75, 3.05) is 6.54 Å². The zero-order chi connectivity index (χ0) is 15.2. The number of carbonyl (C=O) groups excluding carboxylic acids is 1. The van der Waals surface area contributed by atoms with Crippen molar-refractivity contribution in [1.82, 2.24) is 10.3 Å². The van der Waals surface area contributed by atoms with E-state index in [4.69, 9.17) is 5.26 Å². The number of nitrogens with one attached hydrogen (secondary N) is 1. The van der Waals surface area contributed by atoms with E-state index in [0.29, 0.717) is 13.0 Å². The fourth-order valence-electron chi connectivity index (χ4n) is 2.31. The van der Waals surface area contributed by atoms with Crippen molar-refractivity contribution < 1.29 is 4.79 Å². The highest BCUT2D eigenvalue weighted by Gasteiger charge is 2.20. The molecule has 0 fully saturated rings. The predicted molar refractivity (Wildman–Crippen MR) is 82.4 cm³/mol. The number of para-hydroxylation sites is 1. The fraction of sp³-hybridized carbons (Fsp3) is 0.353. The standard InChI is InChI=1S/C17H19N3O/c1-12(2)15(11-18)17(21)20-10-8-14-6-3-5-13-7-4-9-19-16(13)14/h3-7,9,12,15H,8,10H2,1-2H3,(H,20,21). The second-order valence-electron chi connectivity index (χ2n) is 5.38. The summed E-state index contributed by atoms with van der Waals surface area (Å²) in [7, 11) is 0. The Morgan fingerprint density at radius 2 is 2.10 bits per heavy atom. The molecular weight excluding hydrogens is 262 g/mol. The van der Waals surface area contributed by atoms with Crippen LogP contribution in [-0.4, -0.2) is 17.4 Å². The first-order chi connectivity index (χ1) is 10.1. The van der Waals surface area contributed by atoms with Gasteiger partial charge in [-0.3, -0.25) is 9.78 Å². The molecule has 1 amide bonds. The van der Waals surface area contributed by atoms with Crippen LogP contribution in [0.3, 0.4) is 0 Å². The first-order valence-corrected chi connectivity index (χ1v) is 7.13. The summed E-state index contributed by atoms with van der Waals surface area (Å²) in [5, 5.41) is 12.9. The van der Waals surface area contributed by atoms with Crippen molar-refractivity contribution in [3.05, 3.63) is 42.1 Å². The van der Waals surface area contributed by atoms with Gasteiger partial charge in [0.1, 0.15) is 5.92 Å². The van der Waals surface area contributed by atoms with Gasteiger partial charge in [-0.2, -0.15) is 5.26 Å². The van der Waals surface area contributed by atoms with E-state index < -0.39 is 5.92 Å². The highest BCUT2D eigenvalue weighted by atomic mass is 16.1. The molecule has 0 bridgehead atoms. The molecular formula is C17H19N3O. The van der Waals surface area contributed by atoms with Gasteiger partial charge in [0.25, 0.3) is 0 Å². The Labute approximate surface area is 124 Å². The second kappa shape index (κ2) is 6.85. The molecule has 2 aromatic rings. The molecule has 1 atom stereocenters. The molecule has 0 saturated heterocycles. The molecule has 21 heavy (non-hydrogen) atoms. The maximum absolute atomic E-state index is 11.9. The van der Waals surface area contributed by atoms with Gasteiger partial charge in [0, 0.05) is 18.1 Å². The molecule has 0 saturated carbocycles. The average molecular weight is 281 g/mol. The molecule has 1 aromatic heterocycles. The van der Waals surface area contributed by atoms with Gasteiger partial charge < -0.3 is 5.32 Å². The Balaban J connectivity index is 2.00. The number of hydrogen-bond donors (Lipinski definition) is 1. The first kappa shape index (κ1) is 15.0. The molecule has 1 aromatic carbocycles. The van der Waals surface area contributed by atoms with E-state index in [0.717, 1.165) is 16.5 Å². The van der Waals surface area contributed by atoms with Crippen LogP contribution in [-0.2, 0) is 11.2 Å². The predicted octanol–water partition coefficient (Wildman–Crippen LogP) is 2.69. The Bertz CT molecular complexity index is 668.